The molecule has 0 aliphatic rings. The minimum absolute atomic E-state index is 0.0992. The van der Waals surface area contributed by atoms with E-state index in [1.165, 1.54) is 0 Å². The van der Waals surface area contributed by atoms with Crippen molar-refractivity contribution in [3.8, 4) is 0 Å². The Hall–Kier alpha value is -1.23. The number of anilines is 1. The minimum Gasteiger partial charge on any atom is -0.409 e. The molecule has 0 spiro atoms. The first-order chi connectivity index (χ1) is 6.56. The lowest BCUT2D eigenvalue weighted by Gasteiger charge is -2.13. The summed E-state index contributed by atoms with van der Waals surface area (Å²) in [5.74, 6) is 0.0992. The third kappa shape index (κ3) is 2.17. The molecule has 0 bridgehead atoms. The molecule has 0 aromatic heterocycles. The van der Waals surface area contributed by atoms with E-state index >= 15 is 0 Å². The molecule has 1 aromatic carbocycles. The van der Waals surface area contributed by atoms with Gasteiger partial charge in [-0.2, -0.15) is 0 Å². The van der Waals surface area contributed by atoms with Gasteiger partial charge in [0.15, 0.2) is 5.84 Å². The summed E-state index contributed by atoms with van der Waals surface area (Å²) < 4.78 is 0.805. The van der Waals surface area contributed by atoms with Gasteiger partial charge in [-0.05, 0) is 34.1 Å². The van der Waals surface area contributed by atoms with Gasteiger partial charge in [-0.15, -0.1) is 0 Å². The van der Waals surface area contributed by atoms with Gasteiger partial charge >= 0.3 is 0 Å². The first-order valence-electron chi connectivity index (χ1n) is 4.01. The number of nitrogens with two attached hydrogens (primary N) is 1. The number of nitrogens with zero attached hydrogens (tertiary/aromatic N) is 2. The van der Waals surface area contributed by atoms with Gasteiger partial charge in [0, 0.05) is 29.8 Å². The van der Waals surface area contributed by atoms with E-state index in [1.807, 2.05) is 31.1 Å². The zero-order valence-corrected chi connectivity index (χ0v) is 9.62. The van der Waals surface area contributed by atoms with E-state index in [-0.39, 0.29) is 5.84 Å². The van der Waals surface area contributed by atoms with Gasteiger partial charge in [0.25, 0.3) is 0 Å². The minimum atomic E-state index is 0.0992. The van der Waals surface area contributed by atoms with Crippen molar-refractivity contribution < 1.29 is 5.21 Å². The van der Waals surface area contributed by atoms with E-state index in [0.717, 1.165) is 10.2 Å². The molecule has 0 aliphatic heterocycles. The fourth-order valence-electron chi connectivity index (χ4n) is 1.04. The third-order valence-corrected chi connectivity index (χ3v) is 2.51. The predicted molar refractivity (Wildman–Crippen MR) is 61.0 cm³/mol. The van der Waals surface area contributed by atoms with Crippen LogP contribution >= 0.6 is 15.9 Å². The quantitative estimate of drug-likeness (QED) is 0.366. The fourth-order valence-corrected chi connectivity index (χ4v) is 1.61. The maximum atomic E-state index is 8.52. The molecule has 1 rings (SSSR count). The van der Waals surface area contributed by atoms with Crippen molar-refractivity contribution >= 4 is 27.5 Å². The average molecular weight is 258 g/mol. The number of hydrogen-bond donors (Lipinski definition) is 2. The van der Waals surface area contributed by atoms with Crippen molar-refractivity contribution in [3.63, 3.8) is 0 Å². The molecule has 0 fully saturated rings. The summed E-state index contributed by atoms with van der Waals surface area (Å²) in [7, 11) is 3.90. The van der Waals surface area contributed by atoms with Gasteiger partial charge in [-0.1, -0.05) is 5.16 Å². The van der Waals surface area contributed by atoms with Gasteiger partial charge in [0.2, 0.25) is 0 Å². The lowest BCUT2D eigenvalue weighted by molar-refractivity contribution is 0.318. The molecular formula is C9H12BrN3O. The SMILES string of the molecule is CN(C)c1ccc(/C(N)=N/O)c(Br)c1. The van der Waals surface area contributed by atoms with Crippen LogP contribution in [0.5, 0.6) is 0 Å². The topological polar surface area (TPSA) is 61.8 Å². The molecule has 0 unspecified atom stereocenters. The summed E-state index contributed by atoms with van der Waals surface area (Å²) in [5.41, 5.74) is 7.20. The summed E-state index contributed by atoms with van der Waals surface area (Å²) in [5, 5.41) is 11.5. The monoisotopic (exact) mass is 257 g/mol. The maximum Gasteiger partial charge on any atom is 0.171 e. The van der Waals surface area contributed by atoms with Crippen molar-refractivity contribution in [1.82, 2.24) is 0 Å². The summed E-state index contributed by atoms with van der Waals surface area (Å²) in [4.78, 5) is 1.97. The molecule has 0 aliphatic carbocycles. The van der Waals surface area contributed by atoms with E-state index < -0.39 is 0 Å². The van der Waals surface area contributed by atoms with Crippen molar-refractivity contribution in [2.24, 2.45) is 10.9 Å². The van der Waals surface area contributed by atoms with Crippen molar-refractivity contribution in [2.75, 3.05) is 19.0 Å². The number of hydrogen-bond acceptors (Lipinski definition) is 3. The Morgan fingerprint density at radius 3 is 2.57 bits per heavy atom. The van der Waals surface area contributed by atoms with Crippen LogP contribution in [0.2, 0.25) is 0 Å². The highest BCUT2D eigenvalue weighted by molar-refractivity contribution is 9.10. The van der Waals surface area contributed by atoms with Crippen LogP contribution in [0.25, 0.3) is 0 Å². The second kappa shape index (κ2) is 4.32. The summed E-state index contributed by atoms with van der Waals surface area (Å²) in [6, 6.07) is 5.61. The molecule has 4 nitrogen and oxygen atoms in total. The molecule has 1 aromatic rings. The second-order valence-electron chi connectivity index (χ2n) is 3.04. The van der Waals surface area contributed by atoms with Crippen LogP contribution in [-0.2, 0) is 0 Å². The zero-order chi connectivity index (χ0) is 10.7. The van der Waals surface area contributed by atoms with Crippen LogP contribution in [0.3, 0.4) is 0 Å². The standard InChI is InChI=1S/C9H12BrN3O/c1-13(2)6-3-4-7(8(10)5-6)9(11)12-14/h3-5,14H,1-2H3,(H2,11,12). The van der Waals surface area contributed by atoms with Crippen LogP contribution < -0.4 is 10.6 Å². The van der Waals surface area contributed by atoms with Crippen LogP contribution in [0.4, 0.5) is 5.69 Å². The smallest absolute Gasteiger partial charge is 0.171 e. The van der Waals surface area contributed by atoms with Crippen LogP contribution in [0.1, 0.15) is 5.56 Å². The third-order valence-electron chi connectivity index (χ3n) is 1.85. The van der Waals surface area contributed by atoms with Crippen LogP contribution in [0.15, 0.2) is 27.8 Å². The summed E-state index contributed by atoms with van der Waals surface area (Å²) >= 11 is 3.36. The lowest BCUT2D eigenvalue weighted by Crippen LogP contribution is -2.15. The number of benzene rings is 1. The van der Waals surface area contributed by atoms with Crippen LogP contribution in [-0.4, -0.2) is 25.1 Å². The summed E-state index contributed by atoms with van der Waals surface area (Å²) in [6.45, 7) is 0. The molecular weight excluding hydrogens is 246 g/mol. The van der Waals surface area contributed by atoms with Gasteiger partial charge in [-0.25, -0.2) is 0 Å². The first-order valence-corrected chi connectivity index (χ1v) is 4.80. The summed E-state index contributed by atoms with van der Waals surface area (Å²) in [6.07, 6.45) is 0. The fraction of sp³-hybridized carbons (Fsp3) is 0.222. The Morgan fingerprint density at radius 2 is 2.14 bits per heavy atom. The Balaban J connectivity index is 3.14. The normalized spacial score (nSPS) is 11.5. The molecule has 0 radical (unpaired) electrons. The molecule has 0 saturated carbocycles. The number of oxime groups is 1. The van der Waals surface area contributed by atoms with Crippen molar-refractivity contribution in [3.05, 3.63) is 28.2 Å². The predicted octanol–water partition coefficient (Wildman–Crippen LogP) is 1.61. The van der Waals surface area contributed by atoms with E-state index in [2.05, 4.69) is 21.1 Å². The highest BCUT2D eigenvalue weighted by Crippen LogP contribution is 2.22. The largest absolute Gasteiger partial charge is 0.409 e. The molecule has 14 heavy (non-hydrogen) atoms. The van der Waals surface area contributed by atoms with Gasteiger partial charge < -0.3 is 15.8 Å². The molecule has 0 atom stereocenters. The Morgan fingerprint density at radius 1 is 1.50 bits per heavy atom. The molecule has 3 N–H and O–H groups in total. The molecule has 0 heterocycles. The van der Waals surface area contributed by atoms with Gasteiger partial charge in [0.05, 0.1) is 0 Å². The van der Waals surface area contributed by atoms with Gasteiger partial charge in [-0.3, -0.25) is 0 Å². The highest BCUT2D eigenvalue weighted by atomic mass is 79.9. The first kappa shape index (κ1) is 10.8. The highest BCUT2D eigenvalue weighted by Gasteiger charge is 2.06. The van der Waals surface area contributed by atoms with Crippen molar-refractivity contribution in [2.45, 2.75) is 0 Å². The molecule has 76 valence electrons. The Bertz CT molecular complexity index is 363. The lowest BCUT2D eigenvalue weighted by atomic mass is 10.2. The average Bonchev–Trinajstić information content (AvgIpc) is 2.16. The Labute approximate surface area is 91.1 Å². The molecule has 5 heteroatoms. The Kier molecular flexibility index (Phi) is 3.35. The maximum absolute atomic E-state index is 8.52. The van der Waals surface area contributed by atoms with E-state index in [4.69, 9.17) is 10.9 Å². The van der Waals surface area contributed by atoms with Crippen LogP contribution in [0, 0.1) is 0 Å². The molecule has 0 amide bonds. The number of amidine groups is 1. The van der Waals surface area contributed by atoms with Crippen molar-refractivity contribution in [1.29, 1.82) is 0 Å². The number of rotatable bonds is 2. The van der Waals surface area contributed by atoms with E-state index in [0.29, 0.717) is 5.56 Å². The molecule has 0 saturated heterocycles. The second-order valence-corrected chi connectivity index (χ2v) is 3.90. The van der Waals surface area contributed by atoms with E-state index in [9.17, 15) is 0 Å². The number of halogens is 1. The van der Waals surface area contributed by atoms with E-state index in [1.54, 1.807) is 6.07 Å². The van der Waals surface area contributed by atoms with Gasteiger partial charge in [0.1, 0.15) is 0 Å². The zero-order valence-electron chi connectivity index (χ0n) is 8.03.